The van der Waals surface area contributed by atoms with Gasteiger partial charge in [0.05, 0.1) is 23.3 Å². The van der Waals surface area contributed by atoms with Crippen LogP contribution < -0.4 is 4.74 Å². The van der Waals surface area contributed by atoms with E-state index in [-0.39, 0.29) is 18.8 Å². The van der Waals surface area contributed by atoms with Gasteiger partial charge in [-0.15, -0.1) is 0 Å². The number of aromatic nitrogens is 5. The smallest absolute Gasteiger partial charge is 0.410 e. The number of carbonyl (C=O) groups is 1. The van der Waals surface area contributed by atoms with Gasteiger partial charge in [-0.2, -0.15) is 15.3 Å². The maximum absolute atomic E-state index is 12.2. The van der Waals surface area contributed by atoms with E-state index in [1.807, 2.05) is 64.3 Å². The van der Waals surface area contributed by atoms with E-state index in [4.69, 9.17) is 19.2 Å². The molecule has 1 amide bonds. The Morgan fingerprint density at radius 3 is 2.54 bits per heavy atom. The van der Waals surface area contributed by atoms with Crippen LogP contribution in [0.4, 0.5) is 4.79 Å². The van der Waals surface area contributed by atoms with Crippen LogP contribution in [0, 0.1) is 0 Å². The average molecular weight is 531 g/mol. The summed E-state index contributed by atoms with van der Waals surface area (Å²) in [6.45, 7) is 8.93. The summed E-state index contributed by atoms with van der Waals surface area (Å²) in [5.74, 6) is 0.758. The van der Waals surface area contributed by atoms with Crippen LogP contribution in [-0.2, 0) is 22.9 Å². The highest BCUT2D eigenvalue weighted by Crippen LogP contribution is 2.35. The van der Waals surface area contributed by atoms with E-state index in [1.165, 1.54) is 0 Å². The number of ether oxygens (including phenoxy) is 3. The molecule has 1 saturated heterocycles. The lowest BCUT2D eigenvalue weighted by Crippen LogP contribution is -2.50. The summed E-state index contributed by atoms with van der Waals surface area (Å²) in [7, 11) is 3.49. The van der Waals surface area contributed by atoms with Gasteiger partial charge in [-0.3, -0.25) is 4.68 Å². The van der Waals surface area contributed by atoms with E-state index in [0.717, 1.165) is 45.5 Å². The van der Waals surface area contributed by atoms with Crippen LogP contribution in [0.2, 0.25) is 0 Å². The first kappa shape index (κ1) is 26.6. The largest absolute Gasteiger partial charge is 0.467 e. The molecule has 5 rings (SSSR count). The second kappa shape index (κ2) is 10.6. The number of amides is 1. The van der Waals surface area contributed by atoms with Gasteiger partial charge in [-0.25, -0.2) is 9.78 Å². The Labute approximate surface area is 227 Å². The fraction of sp³-hybridized carbons (Fsp3) is 0.414. The molecule has 1 aliphatic rings. The number of likely N-dealkylation sites (tertiary alicyclic amines) is 1. The third-order valence-electron chi connectivity index (χ3n) is 6.57. The zero-order valence-corrected chi connectivity index (χ0v) is 23.3. The van der Waals surface area contributed by atoms with Gasteiger partial charge in [0.2, 0.25) is 0 Å². The Morgan fingerprint density at radius 1 is 1.08 bits per heavy atom. The Hall–Kier alpha value is -4.05. The molecule has 0 N–H and O–H groups in total. The van der Waals surface area contributed by atoms with Gasteiger partial charge >= 0.3 is 6.09 Å². The van der Waals surface area contributed by atoms with E-state index >= 15 is 0 Å². The van der Waals surface area contributed by atoms with E-state index < -0.39 is 5.60 Å². The molecule has 0 saturated carbocycles. The van der Waals surface area contributed by atoms with Gasteiger partial charge in [0.25, 0.3) is 0 Å². The topological polar surface area (TPSA) is 104 Å². The first-order valence-corrected chi connectivity index (χ1v) is 13.1. The lowest BCUT2D eigenvalue weighted by Gasteiger charge is -2.39. The monoisotopic (exact) mass is 530 g/mol. The van der Waals surface area contributed by atoms with Crippen molar-refractivity contribution in [3.05, 3.63) is 53.9 Å². The molecule has 0 atom stereocenters. The minimum atomic E-state index is -0.512. The second-order valence-corrected chi connectivity index (χ2v) is 10.7. The fourth-order valence-electron chi connectivity index (χ4n) is 4.58. The summed E-state index contributed by atoms with van der Waals surface area (Å²) in [6, 6.07) is 11.9. The predicted octanol–water partition coefficient (Wildman–Crippen LogP) is 4.97. The zero-order chi connectivity index (χ0) is 27.7. The molecule has 10 nitrogen and oxygen atoms in total. The van der Waals surface area contributed by atoms with Gasteiger partial charge in [-0.05, 0) is 63.1 Å². The minimum Gasteiger partial charge on any atom is -0.467 e. The van der Waals surface area contributed by atoms with Crippen LogP contribution in [0.1, 0.15) is 44.9 Å². The lowest BCUT2D eigenvalue weighted by molar-refractivity contribution is 0.00780. The van der Waals surface area contributed by atoms with Gasteiger partial charge < -0.3 is 19.1 Å². The Kier molecular flexibility index (Phi) is 7.22. The molecule has 0 bridgehead atoms. The van der Waals surface area contributed by atoms with E-state index in [2.05, 4.69) is 28.3 Å². The summed E-state index contributed by atoms with van der Waals surface area (Å²) in [4.78, 5) is 18.8. The molecule has 0 aliphatic carbocycles. The molecule has 1 aromatic carbocycles. The molecule has 1 aliphatic heterocycles. The van der Waals surface area contributed by atoms with E-state index in [9.17, 15) is 4.79 Å². The molecule has 4 heterocycles. The van der Waals surface area contributed by atoms with Crippen molar-refractivity contribution in [2.24, 2.45) is 7.05 Å². The van der Waals surface area contributed by atoms with Crippen LogP contribution in [-0.4, -0.2) is 68.5 Å². The van der Waals surface area contributed by atoms with Crippen molar-refractivity contribution in [1.82, 2.24) is 29.9 Å². The molecule has 0 unspecified atom stereocenters. The second-order valence-electron chi connectivity index (χ2n) is 10.7. The molecule has 10 heteroatoms. The van der Waals surface area contributed by atoms with Crippen molar-refractivity contribution >= 4 is 17.1 Å². The van der Waals surface area contributed by atoms with Crippen LogP contribution in [0.5, 0.6) is 5.75 Å². The number of pyridine rings is 1. The number of fused-ring (bicyclic) bond motifs is 1. The van der Waals surface area contributed by atoms with Crippen LogP contribution >= 0.6 is 0 Å². The number of aryl methyl sites for hydroxylation is 2. The number of nitrogens with zero attached hydrogens (tertiary/aromatic N) is 6. The molecule has 39 heavy (non-hydrogen) atoms. The standard InChI is InChI=1S/C29H34N6O4/c1-7-18-12-24(30-25-16-34(5)33-27(18)25)19-8-9-21(26(13-19)38-17-37-6)23-11-10-22(31-32-23)20-14-35(15-20)28(36)39-29(2,3)4/h8-13,16,20H,7,14-15,17H2,1-6H3. The summed E-state index contributed by atoms with van der Waals surface area (Å²) in [5.41, 5.74) is 6.51. The fourth-order valence-corrected chi connectivity index (χ4v) is 4.58. The van der Waals surface area contributed by atoms with Crippen molar-refractivity contribution in [2.75, 3.05) is 27.0 Å². The van der Waals surface area contributed by atoms with E-state index in [0.29, 0.717) is 24.5 Å². The van der Waals surface area contributed by atoms with Crippen LogP contribution in [0.25, 0.3) is 33.5 Å². The zero-order valence-electron chi connectivity index (χ0n) is 23.3. The Balaban J connectivity index is 1.38. The average Bonchev–Trinajstić information content (AvgIpc) is 3.25. The number of methoxy groups -OCH3 is 1. The van der Waals surface area contributed by atoms with Crippen molar-refractivity contribution in [1.29, 1.82) is 0 Å². The highest BCUT2D eigenvalue weighted by atomic mass is 16.7. The first-order valence-electron chi connectivity index (χ1n) is 13.1. The molecular weight excluding hydrogens is 496 g/mol. The van der Waals surface area contributed by atoms with Crippen LogP contribution in [0.3, 0.4) is 0 Å². The first-order chi connectivity index (χ1) is 18.6. The molecule has 3 aromatic heterocycles. The molecule has 0 spiro atoms. The predicted molar refractivity (Wildman–Crippen MR) is 147 cm³/mol. The molecule has 204 valence electrons. The third-order valence-corrected chi connectivity index (χ3v) is 6.57. The van der Waals surface area contributed by atoms with Crippen molar-refractivity contribution in [3.8, 4) is 28.3 Å². The lowest BCUT2D eigenvalue weighted by atomic mass is 9.96. The quantitative estimate of drug-likeness (QED) is 0.309. The number of hydrogen-bond donors (Lipinski definition) is 0. The van der Waals surface area contributed by atoms with Crippen molar-refractivity contribution in [2.45, 2.75) is 45.6 Å². The highest BCUT2D eigenvalue weighted by Gasteiger charge is 2.35. The van der Waals surface area contributed by atoms with Gasteiger partial charge in [-0.1, -0.05) is 13.0 Å². The number of hydrogen-bond acceptors (Lipinski definition) is 8. The maximum Gasteiger partial charge on any atom is 0.410 e. The van der Waals surface area contributed by atoms with Gasteiger partial charge in [0.1, 0.15) is 22.4 Å². The summed E-state index contributed by atoms with van der Waals surface area (Å²) in [6.07, 6.45) is 2.49. The summed E-state index contributed by atoms with van der Waals surface area (Å²) >= 11 is 0. The Morgan fingerprint density at radius 2 is 1.87 bits per heavy atom. The molecular formula is C29H34N6O4. The molecule has 1 fully saturated rings. The highest BCUT2D eigenvalue weighted by molar-refractivity contribution is 5.82. The van der Waals surface area contributed by atoms with Gasteiger partial charge in [0.15, 0.2) is 6.79 Å². The molecule has 4 aromatic rings. The minimum absolute atomic E-state index is 0.0970. The van der Waals surface area contributed by atoms with Gasteiger partial charge in [0, 0.05) is 44.3 Å². The van der Waals surface area contributed by atoms with Crippen LogP contribution in [0.15, 0.2) is 42.6 Å². The van der Waals surface area contributed by atoms with Crippen molar-refractivity contribution < 1.29 is 19.0 Å². The number of carbonyl (C=O) groups excluding carboxylic acids is 1. The number of benzene rings is 1. The maximum atomic E-state index is 12.2. The SMILES string of the molecule is CCc1cc(-c2ccc(-c3ccc(C4CN(C(=O)OC(C)(C)C)C4)nn3)c(OCOC)c2)nc2cn(C)nc12. The number of rotatable bonds is 7. The third kappa shape index (κ3) is 5.70. The Bertz CT molecular complexity index is 1490. The summed E-state index contributed by atoms with van der Waals surface area (Å²) in [5, 5.41) is 13.5. The summed E-state index contributed by atoms with van der Waals surface area (Å²) < 4.78 is 18.4. The normalized spacial score (nSPS) is 13.9. The van der Waals surface area contributed by atoms with E-state index in [1.54, 1.807) is 16.7 Å². The van der Waals surface area contributed by atoms with Crippen molar-refractivity contribution in [3.63, 3.8) is 0 Å². The molecule has 0 radical (unpaired) electrons.